The predicted octanol–water partition coefficient (Wildman–Crippen LogP) is -0.601. The van der Waals surface area contributed by atoms with Gasteiger partial charge in [-0.3, -0.25) is 4.79 Å². The second-order valence-corrected chi connectivity index (χ2v) is 0.941. The summed E-state index contributed by atoms with van der Waals surface area (Å²) in [5.41, 5.74) is 4.58. The van der Waals surface area contributed by atoms with Crippen LogP contribution < -0.4 is 5.73 Å². The number of carbonyl (C=O) groups excluding carboxylic acids is 1. The van der Waals surface area contributed by atoms with Crippen molar-refractivity contribution in [1.82, 2.24) is 0 Å². The molecule has 0 unspecified atom stereocenters. The molecule has 0 aliphatic carbocycles. The van der Waals surface area contributed by atoms with E-state index in [4.69, 9.17) is 0 Å². The van der Waals surface area contributed by atoms with Gasteiger partial charge in [0.05, 0.1) is 5.75 Å². The van der Waals surface area contributed by atoms with E-state index in [0.717, 1.165) is 0 Å². The number of primary amides is 1. The summed E-state index contributed by atoms with van der Waals surface area (Å²) in [5, 5.41) is 0. The van der Waals surface area contributed by atoms with Crippen LogP contribution in [0.3, 0.4) is 0 Å². The minimum atomic E-state index is -0.381. The van der Waals surface area contributed by atoms with Crippen LogP contribution in [0.4, 0.5) is 0 Å². The first kappa shape index (κ1) is 9.67. The van der Waals surface area contributed by atoms with Crippen LogP contribution in [0.25, 0.3) is 0 Å². The maximum absolute atomic E-state index is 9.51. The number of hydrogen-bond acceptors (Lipinski definition) is 2. The molecular formula is C2H5NOSZn. The molecule has 0 aromatic rings. The van der Waals surface area contributed by atoms with Crippen LogP contribution in [0.5, 0.6) is 0 Å². The van der Waals surface area contributed by atoms with Crippen LogP contribution in [0.1, 0.15) is 0 Å². The van der Waals surface area contributed by atoms with Crippen molar-refractivity contribution in [3.05, 3.63) is 0 Å². The molecule has 0 spiro atoms. The van der Waals surface area contributed by atoms with Gasteiger partial charge in [0.15, 0.2) is 0 Å². The van der Waals surface area contributed by atoms with Gasteiger partial charge in [0.1, 0.15) is 0 Å². The van der Waals surface area contributed by atoms with Gasteiger partial charge in [0, 0.05) is 19.5 Å². The molecule has 0 heterocycles. The molecule has 0 aromatic carbocycles. The van der Waals surface area contributed by atoms with Crippen molar-refractivity contribution in [1.29, 1.82) is 0 Å². The van der Waals surface area contributed by atoms with E-state index in [-0.39, 0.29) is 31.1 Å². The van der Waals surface area contributed by atoms with Crippen molar-refractivity contribution in [2.24, 2.45) is 5.73 Å². The van der Waals surface area contributed by atoms with E-state index >= 15 is 0 Å². The van der Waals surface area contributed by atoms with E-state index in [2.05, 4.69) is 18.4 Å². The summed E-state index contributed by atoms with van der Waals surface area (Å²) in [6.45, 7) is 0. The van der Waals surface area contributed by atoms with Gasteiger partial charge < -0.3 is 5.73 Å². The Bertz CT molecular complexity index is 48.8. The third-order valence-corrected chi connectivity index (χ3v) is 0.468. The third-order valence-electron chi connectivity index (χ3n) is 0.156. The van der Waals surface area contributed by atoms with E-state index in [9.17, 15) is 4.79 Å². The molecule has 2 N–H and O–H groups in total. The van der Waals surface area contributed by atoms with Gasteiger partial charge in [-0.2, -0.15) is 12.6 Å². The summed E-state index contributed by atoms with van der Waals surface area (Å²) in [5.74, 6) is -0.242. The van der Waals surface area contributed by atoms with Crippen LogP contribution in [0.15, 0.2) is 0 Å². The molecule has 0 radical (unpaired) electrons. The van der Waals surface area contributed by atoms with Gasteiger partial charge in [-0.15, -0.1) is 0 Å². The number of nitrogens with two attached hydrogens (primary N) is 1. The van der Waals surface area contributed by atoms with E-state index in [1.54, 1.807) is 0 Å². The van der Waals surface area contributed by atoms with Crippen LogP contribution >= 0.6 is 12.6 Å². The molecular weight excluding hydrogens is 151 g/mol. The van der Waals surface area contributed by atoms with Crippen molar-refractivity contribution >= 4 is 18.5 Å². The minimum Gasteiger partial charge on any atom is -0.369 e. The molecule has 0 atom stereocenters. The number of carbonyl (C=O) groups is 1. The Morgan fingerprint density at radius 3 is 2.00 bits per heavy atom. The Kier molecular flexibility index (Phi) is 8.77. The predicted molar refractivity (Wildman–Crippen MR) is 23.0 cm³/mol. The summed E-state index contributed by atoms with van der Waals surface area (Å²) in [6.07, 6.45) is 0. The van der Waals surface area contributed by atoms with E-state index in [0.29, 0.717) is 0 Å². The molecule has 32 valence electrons. The smallest absolute Gasteiger partial charge is 0.227 e. The number of thiol groups is 1. The first-order chi connectivity index (χ1) is 2.27. The zero-order valence-corrected chi connectivity index (χ0v) is 7.21. The quantitative estimate of drug-likeness (QED) is 0.386. The van der Waals surface area contributed by atoms with Crippen molar-refractivity contribution in [2.45, 2.75) is 0 Å². The molecule has 0 fully saturated rings. The molecule has 0 bridgehead atoms. The third kappa shape index (κ3) is 8.82. The molecule has 0 aromatic heterocycles. The zero-order valence-electron chi connectivity index (χ0n) is 3.35. The Morgan fingerprint density at radius 2 is 2.00 bits per heavy atom. The van der Waals surface area contributed by atoms with Crippen molar-refractivity contribution < 1.29 is 24.3 Å². The fraction of sp³-hybridized carbons (Fsp3) is 0.500. The molecule has 0 aliphatic rings. The largest absolute Gasteiger partial charge is 0.369 e. The normalized spacial score (nSPS) is 6.17. The molecule has 0 rings (SSSR count). The van der Waals surface area contributed by atoms with Gasteiger partial charge in [-0.1, -0.05) is 0 Å². The van der Waals surface area contributed by atoms with Crippen LogP contribution in [0, 0.1) is 0 Å². The Hall–Kier alpha value is 0.443. The molecule has 0 aliphatic heterocycles. The van der Waals surface area contributed by atoms with E-state index < -0.39 is 0 Å². The Morgan fingerprint density at radius 1 is 1.83 bits per heavy atom. The molecule has 0 saturated carbocycles. The summed E-state index contributed by atoms with van der Waals surface area (Å²) in [4.78, 5) is 9.51. The minimum absolute atomic E-state index is 0. The SMILES string of the molecule is NC(=O)CS.[Zn]. The molecule has 4 heteroatoms. The van der Waals surface area contributed by atoms with Gasteiger partial charge in [0.2, 0.25) is 5.91 Å². The molecule has 0 saturated heterocycles. The second-order valence-electron chi connectivity index (χ2n) is 0.624. The van der Waals surface area contributed by atoms with E-state index in [1.807, 2.05) is 0 Å². The molecule has 1 amide bonds. The molecule has 6 heavy (non-hydrogen) atoms. The summed E-state index contributed by atoms with van der Waals surface area (Å²) < 4.78 is 0. The summed E-state index contributed by atoms with van der Waals surface area (Å²) >= 11 is 3.54. The Labute approximate surface area is 54.6 Å². The zero-order chi connectivity index (χ0) is 4.28. The Balaban J connectivity index is 0. The van der Waals surface area contributed by atoms with Crippen molar-refractivity contribution in [2.75, 3.05) is 5.75 Å². The average Bonchev–Trinajstić information content (AvgIpc) is 1.38. The van der Waals surface area contributed by atoms with Crippen molar-refractivity contribution in [3.63, 3.8) is 0 Å². The van der Waals surface area contributed by atoms with Gasteiger partial charge in [-0.25, -0.2) is 0 Å². The standard InChI is InChI=1S/C2H5NOS.Zn/c3-2(4)1-5;/h5H,1H2,(H2,3,4);. The average molecular weight is 157 g/mol. The first-order valence-corrected chi connectivity index (χ1v) is 1.80. The second kappa shape index (κ2) is 5.44. The van der Waals surface area contributed by atoms with Gasteiger partial charge in [-0.05, 0) is 0 Å². The first-order valence-electron chi connectivity index (χ1n) is 1.16. The summed E-state index contributed by atoms with van der Waals surface area (Å²) in [6, 6.07) is 0. The fourth-order valence-corrected chi connectivity index (χ4v) is 0. The maximum atomic E-state index is 9.51. The number of amides is 1. The van der Waals surface area contributed by atoms with Crippen molar-refractivity contribution in [3.8, 4) is 0 Å². The monoisotopic (exact) mass is 155 g/mol. The van der Waals surface area contributed by atoms with Crippen LogP contribution in [-0.2, 0) is 24.3 Å². The van der Waals surface area contributed by atoms with Gasteiger partial charge in [0.25, 0.3) is 0 Å². The molecule has 2 nitrogen and oxygen atoms in total. The number of rotatable bonds is 1. The topological polar surface area (TPSA) is 43.1 Å². The fourth-order valence-electron chi connectivity index (χ4n) is 0. The van der Waals surface area contributed by atoms with Gasteiger partial charge >= 0.3 is 0 Å². The van der Waals surface area contributed by atoms with E-state index in [1.165, 1.54) is 0 Å². The number of hydrogen-bond donors (Lipinski definition) is 2. The van der Waals surface area contributed by atoms with Crippen LogP contribution in [-0.4, -0.2) is 11.7 Å². The van der Waals surface area contributed by atoms with Crippen LogP contribution in [0.2, 0.25) is 0 Å². The maximum Gasteiger partial charge on any atom is 0.227 e. The summed E-state index contributed by atoms with van der Waals surface area (Å²) in [7, 11) is 0.